The summed E-state index contributed by atoms with van der Waals surface area (Å²) in [6.45, 7) is 11.7. The van der Waals surface area contributed by atoms with Crippen LogP contribution in [0.3, 0.4) is 0 Å². The Kier molecular flexibility index (Phi) is 6.75. The first kappa shape index (κ1) is 20.4. The summed E-state index contributed by atoms with van der Waals surface area (Å²) in [6.07, 6.45) is 0. The molecule has 26 heavy (non-hydrogen) atoms. The predicted molar refractivity (Wildman–Crippen MR) is 109 cm³/mol. The third-order valence-corrected chi connectivity index (χ3v) is 4.46. The van der Waals surface area contributed by atoms with Crippen molar-refractivity contribution < 1.29 is 4.79 Å². The van der Waals surface area contributed by atoms with Gasteiger partial charge in [0.1, 0.15) is 0 Å². The molecule has 144 valence electrons. The molecule has 6 nitrogen and oxygen atoms in total. The minimum Gasteiger partial charge on any atom is -0.368 e. The average molecular weight is 380 g/mol. The van der Waals surface area contributed by atoms with Gasteiger partial charge in [-0.15, -0.1) is 0 Å². The maximum absolute atomic E-state index is 12.0. The lowest BCUT2D eigenvalue weighted by atomic mass is 10.1. The van der Waals surface area contributed by atoms with Gasteiger partial charge in [-0.1, -0.05) is 17.7 Å². The number of anilines is 1. The van der Waals surface area contributed by atoms with Crippen LogP contribution in [0.1, 0.15) is 26.3 Å². The maximum Gasteiger partial charge on any atom is 0.239 e. The molecule has 1 aliphatic rings. The number of carbonyl (C=O) groups is 1. The first-order valence-corrected chi connectivity index (χ1v) is 9.35. The largest absolute Gasteiger partial charge is 0.368 e. The number of aryl methyl sites for hydroxylation is 1. The van der Waals surface area contributed by atoms with Crippen molar-refractivity contribution in [1.82, 2.24) is 15.5 Å². The Morgan fingerprint density at radius 3 is 2.46 bits per heavy atom. The van der Waals surface area contributed by atoms with E-state index < -0.39 is 0 Å². The van der Waals surface area contributed by atoms with Crippen LogP contribution in [0.15, 0.2) is 23.2 Å². The number of halogens is 1. The van der Waals surface area contributed by atoms with Crippen LogP contribution >= 0.6 is 11.6 Å². The molecule has 1 fully saturated rings. The Morgan fingerprint density at radius 1 is 1.23 bits per heavy atom. The number of hydrogen-bond donors (Lipinski definition) is 2. The Bertz CT molecular complexity index is 660. The van der Waals surface area contributed by atoms with Crippen LogP contribution in [0.25, 0.3) is 0 Å². The fourth-order valence-electron chi connectivity index (χ4n) is 3.04. The molecule has 1 aromatic rings. The number of nitrogens with one attached hydrogen (secondary N) is 2. The van der Waals surface area contributed by atoms with Crippen molar-refractivity contribution in [3.05, 3.63) is 28.8 Å². The first-order chi connectivity index (χ1) is 12.2. The number of rotatable bonds is 3. The highest BCUT2D eigenvalue weighted by Gasteiger charge is 2.22. The Hall–Kier alpha value is -1.95. The fraction of sp³-hybridized carbons (Fsp3) is 0.579. The van der Waals surface area contributed by atoms with Crippen LogP contribution in [0.4, 0.5) is 5.69 Å². The van der Waals surface area contributed by atoms with Gasteiger partial charge in [0, 0.05) is 49.5 Å². The molecular weight excluding hydrogens is 350 g/mol. The Labute approximate surface area is 161 Å². The van der Waals surface area contributed by atoms with Gasteiger partial charge >= 0.3 is 0 Å². The number of guanidine groups is 1. The molecule has 7 heteroatoms. The molecule has 1 aliphatic heterocycles. The minimum absolute atomic E-state index is 0.0353. The lowest BCUT2D eigenvalue weighted by Gasteiger charge is -2.38. The molecule has 0 unspecified atom stereocenters. The van der Waals surface area contributed by atoms with Crippen molar-refractivity contribution in [2.24, 2.45) is 4.99 Å². The smallest absolute Gasteiger partial charge is 0.239 e. The van der Waals surface area contributed by atoms with Gasteiger partial charge in [-0.05, 0) is 45.4 Å². The summed E-state index contributed by atoms with van der Waals surface area (Å²) in [5, 5.41) is 6.87. The molecule has 1 amide bonds. The summed E-state index contributed by atoms with van der Waals surface area (Å²) in [5.41, 5.74) is 2.18. The number of aliphatic imine (C=N–C) groups is 1. The summed E-state index contributed by atoms with van der Waals surface area (Å²) >= 11 is 6.15. The highest BCUT2D eigenvalue weighted by molar-refractivity contribution is 6.30. The number of piperazine rings is 1. The molecule has 0 spiro atoms. The highest BCUT2D eigenvalue weighted by Crippen LogP contribution is 2.25. The number of hydrogen-bond acceptors (Lipinski definition) is 3. The van der Waals surface area contributed by atoms with Crippen molar-refractivity contribution >= 4 is 29.2 Å². The van der Waals surface area contributed by atoms with E-state index in [-0.39, 0.29) is 18.0 Å². The fourth-order valence-corrected chi connectivity index (χ4v) is 3.20. The van der Waals surface area contributed by atoms with Crippen molar-refractivity contribution in [2.75, 3.05) is 44.7 Å². The molecule has 0 bridgehead atoms. The highest BCUT2D eigenvalue weighted by atomic mass is 35.5. The van der Waals surface area contributed by atoms with Crippen molar-refractivity contribution in [2.45, 2.75) is 33.2 Å². The summed E-state index contributed by atoms with van der Waals surface area (Å²) in [5.74, 6) is 0.725. The van der Waals surface area contributed by atoms with E-state index in [0.717, 1.165) is 37.2 Å². The van der Waals surface area contributed by atoms with Gasteiger partial charge in [0.15, 0.2) is 5.96 Å². The second-order valence-corrected chi connectivity index (χ2v) is 8.04. The van der Waals surface area contributed by atoms with Gasteiger partial charge in [-0.2, -0.15) is 0 Å². The maximum atomic E-state index is 12.0. The van der Waals surface area contributed by atoms with Gasteiger partial charge in [0.05, 0.1) is 6.54 Å². The lowest BCUT2D eigenvalue weighted by Crippen LogP contribution is -2.54. The van der Waals surface area contributed by atoms with Crippen LogP contribution in [0, 0.1) is 6.92 Å². The van der Waals surface area contributed by atoms with E-state index in [9.17, 15) is 4.79 Å². The number of amides is 1. The van der Waals surface area contributed by atoms with Crippen LogP contribution < -0.4 is 15.5 Å². The number of nitrogens with zero attached hydrogens (tertiary/aromatic N) is 3. The molecule has 1 heterocycles. The Balaban J connectivity index is 1.89. The lowest BCUT2D eigenvalue weighted by molar-refractivity contribution is -0.121. The predicted octanol–water partition coefficient (Wildman–Crippen LogP) is 2.26. The molecule has 0 atom stereocenters. The molecule has 0 aromatic heterocycles. The van der Waals surface area contributed by atoms with E-state index in [4.69, 9.17) is 11.6 Å². The van der Waals surface area contributed by atoms with E-state index in [2.05, 4.69) is 38.4 Å². The normalized spacial score (nSPS) is 15.8. The summed E-state index contributed by atoms with van der Waals surface area (Å²) in [7, 11) is 1.75. The van der Waals surface area contributed by atoms with Crippen molar-refractivity contribution in [1.29, 1.82) is 0 Å². The first-order valence-electron chi connectivity index (χ1n) is 8.97. The van der Waals surface area contributed by atoms with E-state index in [0.29, 0.717) is 0 Å². The molecule has 2 rings (SSSR count). The van der Waals surface area contributed by atoms with Crippen molar-refractivity contribution in [3.63, 3.8) is 0 Å². The third-order valence-electron chi connectivity index (χ3n) is 4.22. The monoisotopic (exact) mass is 379 g/mol. The molecule has 0 radical (unpaired) electrons. The molecule has 0 saturated carbocycles. The van der Waals surface area contributed by atoms with E-state index in [1.54, 1.807) is 7.05 Å². The average Bonchev–Trinajstić information content (AvgIpc) is 2.56. The molecule has 2 N–H and O–H groups in total. The third kappa shape index (κ3) is 5.80. The number of carbonyl (C=O) groups excluding carboxylic acids is 1. The topological polar surface area (TPSA) is 60.0 Å². The van der Waals surface area contributed by atoms with Crippen LogP contribution in [-0.4, -0.2) is 62.1 Å². The second kappa shape index (κ2) is 8.62. The SMILES string of the molecule is CN=C(NCC(=O)NC(C)(C)C)N1CCN(c2cc(Cl)ccc2C)CC1. The van der Waals surface area contributed by atoms with Crippen molar-refractivity contribution in [3.8, 4) is 0 Å². The summed E-state index contributed by atoms with van der Waals surface area (Å²) in [4.78, 5) is 20.8. The zero-order valence-corrected chi connectivity index (χ0v) is 17.2. The van der Waals surface area contributed by atoms with Gasteiger partial charge in [-0.25, -0.2) is 0 Å². The minimum atomic E-state index is -0.233. The summed E-state index contributed by atoms with van der Waals surface area (Å²) in [6, 6.07) is 6.00. The second-order valence-electron chi connectivity index (χ2n) is 7.60. The van der Waals surface area contributed by atoms with Gasteiger partial charge in [0.25, 0.3) is 0 Å². The molecule has 1 aromatic carbocycles. The molecular formula is C19H30ClN5O. The van der Waals surface area contributed by atoms with Crippen LogP contribution in [-0.2, 0) is 4.79 Å². The molecule has 0 aliphatic carbocycles. The van der Waals surface area contributed by atoms with Crippen LogP contribution in [0.2, 0.25) is 5.02 Å². The van der Waals surface area contributed by atoms with Crippen LogP contribution in [0.5, 0.6) is 0 Å². The van der Waals surface area contributed by atoms with E-state index in [1.807, 2.05) is 32.9 Å². The van der Waals surface area contributed by atoms with Gasteiger partial charge < -0.3 is 20.4 Å². The quantitative estimate of drug-likeness (QED) is 0.624. The van der Waals surface area contributed by atoms with Gasteiger partial charge in [0.2, 0.25) is 5.91 Å². The number of benzene rings is 1. The zero-order valence-electron chi connectivity index (χ0n) is 16.4. The molecule has 1 saturated heterocycles. The zero-order chi connectivity index (χ0) is 19.3. The van der Waals surface area contributed by atoms with E-state index in [1.165, 1.54) is 11.3 Å². The van der Waals surface area contributed by atoms with Gasteiger partial charge in [-0.3, -0.25) is 9.79 Å². The van der Waals surface area contributed by atoms with E-state index >= 15 is 0 Å². The Morgan fingerprint density at radius 2 is 1.88 bits per heavy atom. The summed E-state index contributed by atoms with van der Waals surface area (Å²) < 4.78 is 0. The standard InChI is InChI=1S/C19H30ClN5O/c1-14-6-7-15(20)12-16(14)24-8-10-25(11-9-24)18(21-5)22-13-17(26)23-19(2,3)4/h6-7,12H,8-11,13H2,1-5H3,(H,21,22)(H,23,26).